The second-order valence-corrected chi connectivity index (χ2v) is 15.8. The number of nitrogens with zero attached hydrogens (tertiary/aromatic N) is 5. The number of nitriles is 1. The minimum atomic E-state index is -0.872. The molecule has 2 saturated heterocycles. The van der Waals surface area contributed by atoms with Crippen molar-refractivity contribution in [1.82, 2.24) is 25.6 Å². The molecule has 12 nitrogen and oxygen atoms in total. The maximum absolute atomic E-state index is 13.4. The number of ether oxygens (including phenoxy) is 1. The Morgan fingerprint density at radius 3 is 2.37 bits per heavy atom. The van der Waals surface area contributed by atoms with Gasteiger partial charge in [-0.05, 0) is 73.9 Å². The Kier molecular flexibility index (Phi) is 9.67. The highest BCUT2D eigenvalue weighted by Crippen LogP contribution is 2.55. The smallest absolute Gasteiger partial charge is 0.278 e. The van der Waals surface area contributed by atoms with Crippen LogP contribution in [0.25, 0.3) is 10.9 Å². The van der Waals surface area contributed by atoms with Gasteiger partial charge < -0.3 is 15.0 Å². The summed E-state index contributed by atoms with van der Waals surface area (Å²) in [5.41, 5.74) is 1.94. The van der Waals surface area contributed by atoms with Crippen molar-refractivity contribution in [2.45, 2.75) is 71.6 Å². The van der Waals surface area contributed by atoms with Crippen LogP contribution in [-0.2, 0) is 9.59 Å². The monoisotopic (exact) mass is 745 g/mol. The lowest BCUT2D eigenvalue weighted by Gasteiger charge is -2.63. The van der Waals surface area contributed by atoms with E-state index in [1.165, 1.54) is 0 Å². The Morgan fingerprint density at radius 1 is 0.981 bits per heavy atom. The van der Waals surface area contributed by atoms with Crippen LogP contribution in [0.15, 0.2) is 65.5 Å². The fourth-order valence-corrected chi connectivity index (χ4v) is 8.55. The summed E-state index contributed by atoms with van der Waals surface area (Å²) < 4.78 is 7.43. The fraction of sp³-hybridized carbons (Fsp3) is 0.390. The van der Waals surface area contributed by atoms with Crippen LogP contribution in [0.4, 0.5) is 5.69 Å². The van der Waals surface area contributed by atoms with E-state index in [0.29, 0.717) is 32.8 Å². The van der Waals surface area contributed by atoms with Gasteiger partial charge in [0.2, 0.25) is 5.91 Å². The van der Waals surface area contributed by atoms with Crippen molar-refractivity contribution in [2.75, 3.05) is 18.0 Å². The number of hydrogen-bond donors (Lipinski definition) is 2. The number of nitrogens with one attached hydrogen (secondary N) is 2. The number of benzene rings is 3. The fourth-order valence-electron chi connectivity index (χ4n) is 8.34. The molecule has 1 aromatic heterocycles. The van der Waals surface area contributed by atoms with E-state index in [1.54, 1.807) is 42.5 Å². The van der Waals surface area contributed by atoms with Gasteiger partial charge in [-0.2, -0.15) is 9.94 Å². The Balaban J connectivity index is 0.942. The Bertz CT molecular complexity index is 2310. The molecule has 1 aliphatic carbocycles. The number of hydrogen-bond acceptors (Lipinski definition) is 9. The minimum absolute atomic E-state index is 0.138. The van der Waals surface area contributed by atoms with E-state index < -0.39 is 17.5 Å². The van der Waals surface area contributed by atoms with Crippen molar-refractivity contribution in [2.24, 2.45) is 16.7 Å². The molecule has 2 N–H and O–H groups in total. The summed E-state index contributed by atoms with van der Waals surface area (Å²) in [6, 6.07) is 18.9. The molecule has 1 atom stereocenters. The van der Waals surface area contributed by atoms with Crippen molar-refractivity contribution < 1.29 is 19.1 Å². The predicted octanol–water partition coefficient (Wildman–Crippen LogP) is 5.17. The third-order valence-electron chi connectivity index (χ3n) is 11.0. The van der Waals surface area contributed by atoms with E-state index >= 15 is 0 Å². The molecule has 13 heteroatoms. The zero-order valence-corrected chi connectivity index (χ0v) is 31.2. The van der Waals surface area contributed by atoms with Gasteiger partial charge in [0.1, 0.15) is 29.5 Å². The van der Waals surface area contributed by atoms with Crippen LogP contribution in [0.1, 0.15) is 80.9 Å². The summed E-state index contributed by atoms with van der Waals surface area (Å²) in [5.74, 6) is 6.39. The molecule has 3 heterocycles. The third-order valence-corrected chi connectivity index (χ3v) is 11.3. The molecule has 1 saturated carbocycles. The van der Waals surface area contributed by atoms with E-state index in [0.717, 1.165) is 41.9 Å². The molecule has 3 amide bonds. The zero-order chi connectivity index (χ0) is 38.4. The van der Waals surface area contributed by atoms with Crippen LogP contribution in [0, 0.1) is 39.9 Å². The summed E-state index contributed by atoms with van der Waals surface area (Å²) in [7, 11) is 0. The highest BCUT2D eigenvalue weighted by Gasteiger charge is 2.64. The molecule has 4 aromatic rings. The topological polar surface area (TPSA) is 159 Å². The van der Waals surface area contributed by atoms with E-state index in [9.17, 15) is 24.4 Å². The molecule has 3 fully saturated rings. The summed E-state index contributed by atoms with van der Waals surface area (Å²) in [6.07, 6.45) is 1.83. The maximum Gasteiger partial charge on any atom is 0.278 e. The molecule has 276 valence electrons. The molecular weight excluding hydrogens is 706 g/mol. The van der Waals surface area contributed by atoms with Crippen LogP contribution in [0.2, 0.25) is 5.02 Å². The lowest BCUT2D eigenvalue weighted by Crippen LogP contribution is -2.74. The number of rotatable bonds is 6. The first-order valence-corrected chi connectivity index (χ1v) is 18.4. The number of fused-ring (bicyclic) bond motifs is 1. The van der Waals surface area contributed by atoms with Crippen LogP contribution in [0.3, 0.4) is 0 Å². The number of halogens is 1. The van der Waals surface area contributed by atoms with Gasteiger partial charge in [0.25, 0.3) is 17.4 Å². The molecule has 7 rings (SSSR count). The van der Waals surface area contributed by atoms with Gasteiger partial charge in [0, 0.05) is 65.2 Å². The highest BCUT2D eigenvalue weighted by atomic mass is 35.5. The highest BCUT2D eigenvalue weighted by molar-refractivity contribution is 6.31. The average Bonchev–Trinajstić information content (AvgIpc) is 3.16. The van der Waals surface area contributed by atoms with Gasteiger partial charge in [-0.25, -0.2) is 0 Å². The lowest BCUT2D eigenvalue weighted by molar-refractivity contribution is -0.164. The maximum atomic E-state index is 13.4. The van der Waals surface area contributed by atoms with Gasteiger partial charge in [-0.3, -0.25) is 24.5 Å². The standard InChI is InChI=1S/C41H40ClN7O5/c1-40(2)38(41(3,4)39(40)54-29-13-11-27(23-43)31(42)22-29)45-35(51)26-9-7-24(8-10-26)5-6-25-17-19-48(20-18-25)28-12-14-32-30(21-28)37(53)49(47-46-32)33-15-16-34(50)44-36(33)52/h7-14,21-22,25,33,38-39H,15-20H2,1-4H3,(H,45,51)(H,44,50,52)/t33?,38-,39-. The minimum Gasteiger partial charge on any atom is -0.489 e. The van der Waals surface area contributed by atoms with Gasteiger partial charge in [0.05, 0.1) is 16.0 Å². The number of aromatic nitrogens is 3. The SMILES string of the molecule is CC1(C)[C@H](NC(=O)c2ccc(C#CC3CCN(c4ccc5nnn(C6CCC(=O)NC6=O)c(=O)c5c4)CC3)cc2)C(C)(C)[C@H]1Oc1ccc(C#N)c(Cl)c1. The van der Waals surface area contributed by atoms with Gasteiger partial charge in [-0.1, -0.05) is 56.4 Å². The lowest BCUT2D eigenvalue weighted by atomic mass is 9.49. The van der Waals surface area contributed by atoms with Gasteiger partial charge in [0.15, 0.2) is 0 Å². The molecule has 0 bridgehead atoms. The second-order valence-electron chi connectivity index (χ2n) is 15.4. The molecule has 1 unspecified atom stereocenters. The molecule has 0 spiro atoms. The first-order chi connectivity index (χ1) is 25.8. The third kappa shape index (κ3) is 6.90. The van der Waals surface area contributed by atoms with Crippen molar-refractivity contribution >= 4 is 45.9 Å². The van der Waals surface area contributed by atoms with E-state index in [1.807, 2.05) is 18.2 Å². The molecule has 0 radical (unpaired) electrons. The van der Waals surface area contributed by atoms with Crippen molar-refractivity contribution in [3.05, 3.63) is 92.7 Å². The number of piperidine rings is 2. The first kappa shape index (κ1) is 36.6. The summed E-state index contributed by atoms with van der Waals surface area (Å²) >= 11 is 6.23. The van der Waals surface area contributed by atoms with E-state index in [4.69, 9.17) is 16.3 Å². The molecule has 3 aromatic carbocycles. The summed E-state index contributed by atoms with van der Waals surface area (Å²) in [5, 5.41) is 23.5. The van der Waals surface area contributed by atoms with Crippen molar-refractivity contribution in [3.63, 3.8) is 0 Å². The first-order valence-electron chi connectivity index (χ1n) is 18.0. The second kappa shape index (κ2) is 14.3. The van der Waals surface area contributed by atoms with Crippen molar-refractivity contribution in [3.8, 4) is 23.7 Å². The number of anilines is 1. The predicted molar refractivity (Wildman–Crippen MR) is 203 cm³/mol. The summed E-state index contributed by atoms with van der Waals surface area (Å²) in [4.78, 5) is 52.9. The Hall–Kier alpha value is -5.72. The Labute approximate surface area is 317 Å². The number of carbonyl (C=O) groups excluding carboxylic acids is 3. The van der Waals surface area contributed by atoms with Crippen LogP contribution >= 0.6 is 11.6 Å². The van der Waals surface area contributed by atoms with E-state index in [2.05, 4.69) is 71.5 Å². The number of carbonyl (C=O) groups is 3. The number of imide groups is 1. The molecule has 3 aliphatic rings. The molecule has 2 aliphatic heterocycles. The largest absolute Gasteiger partial charge is 0.489 e. The van der Waals surface area contributed by atoms with Crippen LogP contribution in [-0.4, -0.2) is 58.0 Å². The van der Waals surface area contributed by atoms with Crippen LogP contribution < -0.4 is 25.8 Å². The van der Waals surface area contributed by atoms with Gasteiger partial charge in [-0.15, -0.1) is 5.10 Å². The van der Waals surface area contributed by atoms with Crippen LogP contribution in [0.5, 0.6) is 5.75 Å². The van der Waals surface area contributed by atoms with Gasteiger partial charge >= 0.3 is 0 Å². The zero-order valence-electron chi connectivity index (χ0n) is 30.5. The van der Waals surface area contributed by atoms with Crippen molar-refractivity contribution in [1.29, 1.82) is 5.26 Å². The Morgan fingerprint density at radius 2 is 1.70 bits per heavy atom. The quantitative estimate of drug-likeness (QED) is 0.201. The average molecular weight is 746 g/mol. The normalized spacial score (nSPS) is 21.9. The molecular formula is C41H40ClN7O5. The number of amides is 3. The van der Waals surface area contributed by atoms with E-state index in [-0.39, 0.29) is 53.5 Å². The molecule has 54 heavy (non-hydrogen) atoms. The summed E-state index contributed by atoms with van der Waals surface area (Å²) in [6.45, 7) is 9.79.